The fourth-order valence-electron chi connectivity index (χ4n) is 2.84. The second kappa shape index (κ2) is 5.25. The SMILES string of the molecule is CNC1CN(c2nc(N(C)C)nc3c2oc2ccc(Cl)cc23)C1. The number of benzene rings is 1. The average Bonchev–Trinajstić information content (AvgIpc) is 2.84. The van der Waals surface area contributed by atoms with Gasteiger partial charge >= 0.3 is 0 Å². The Hall–Kier alpha value is -2.05. The number of nitrogens with zero attached hydrogens (tertiary/aromatic N) is 4. The highest BCUT2D eigenvalue weighted by Crippen LogP contribution is 2.36. The lowest BCUT2D eigenvalue weighted by atomic mass is 10.1. The molecule has 0 radical (unpaired) electrons. The zero-order chi connectivity index (χ0) is 16.1. The molecule has 3 heterocycles. The molecule has 3 aromatic rings. The molecule has 1 fully saturated rings. The molecule has 0 aliphatic carbocycles. The van der Waals surface area contributed by atoms with E-state index in [2.05, 4.69) is 15.2 Å². The molecule has 0 atom stereocenters. The number of fused-ring (bicyclic) bond motifs is 3. The summed E-state index contributed by atoms with van der Waals surface area (Å²) in [5.41, 5.74) is 2.31. The summed E-state index contributed by atoms with van der Waals surface area (Å²) in [5.74, 6) is 1.51. The summed E-state index contributed by atoms with van der Waals surface area (Å²) >= 11 is 6.14. The summed E-state index contributed by atoms with van der Waals surface area (Å²) in [6, 6.07) is 6.09. The van der Waals surface area contributed by atoms with Gasteiger partial charge in [0.2, 0.25) is 5.95 Å². The summed E-state index contributed by atoms with van der Waals surface area (Å²) in [7, 11) is 5.85. The van der Waals surface area contributed by atoms with Crippen LogP contribution in [0.3, 0.4) is 0 Å². The number of aromatic nitrogens is 2. The van der Waals surface area contributed by atoms with Crippen molar-refractivity contribution in [2.24, 2.45) is 0 Å². The maximum Gasteiger partial charge on any atom is 0.227 e. The first-order chi connectivity index (χ1) is 11.1. The molecule has 120 valence electrons. The molecule has 1 saturated heterocycles. The van der Waals surface area contributed by atoms with Crippen LogP contribution in [0, 0.1) is 0 Å². The van der Waals surface area contributed by atoms with Crippen LogP contribution in [0.1, 0.15) is 0 Å². The maximum absolute atomic E-state index is 6.14. The zero-order valence-corrected chi connectivity index (χ0v) is 14.1. The second-order valence-corrected chi connectivity index (χ2v) is 6.49. The van der Waals surface area contributed by atoms with E-state index >= 15 is 0 Å². The highest BCUT2D eigenvalue weighted by Gasteiger charge is 2.30. The van der Waals surface area contributed by atoms with E-state index in [4.69, 9.17) is 21.0 Å². The van der Waals surface area contributed by atoms with Crippen LogP contribution in [0.2, 0.25) is 5.02 Å². The van der Waals surface area contributed by atoms with E-state index in [1.165, 1.54) is 0 Å². The third-order valence-corrected chi connectivity index (χ3v) is 4.47. The number of halogens is 1. The van der Waals surface area contributed by atoms with E-state index in [9.17, 15) is 0 Å². The minimum absolute atomic E-state index is 0.488. The van der Waals surface area contributed by atoms with Crippen LogP contribution in [0.5, 0.6) is 0 Å². The van der Waals surface area contributed by atoms with E-state index in [0.717, 1.165) is 41.0 Å². The first-order valence-corrected chi connectivity index (χ1v) is 7.94. The van der Waals surface area contributed by atoms with Gasteiger partial charge in [0.1, 0.15) is 11.1 Å². The van der Waals surface area contributed by atoms with Gasteiger partial charge in [-0.05, 0) is 25.2 Å². The lowest BCUT2D eigenvalue weighted by Gasteiger charge is -2.39. The molecule has 0 unspecified atom stereocenters. The molecule has 0 bridgehead atoms. The van der Waals surface area contributed by atoms with Crippen LogP contribution in [0.4, 0.5) is 11.8 Å². The van der Waals surface area contributed by atoms with Gasteiger partial charge in [0, 0.05) is 43.6 Å². The van der Waals surface area contributed by atoms with Crippen molar-refractivity contribution in [2.45, 2.75) is 6.04 Å². The molecular weight excluding hydrogens is 314 g/mol. The summed E-state index contributed by atoms with van der Waals surface area (Å²) in [5, 5.41) is 4.87. The molecule has 7 heteroatoms. The Morgan fingerprint density at radius 2 is 2.09 bits per heavy atom. The van der Waals surface area contributed by atoms with Crippen LogP contribution in [-0.2, 0) is 0 Å². The molecule has 1 aliphatic rings. The van der Waals surface area contributed by atoms with Crippen molar-refractivity contribution < 1.29 is 4.42 Å². The lowest BCUT2D eigenvalue weighted by molar-refractivity contribution is 0.446. The molecule has 1 N–H and O–H groups in total. The van der Waals surface area contributed by atoms with Crippen molar-refractivity contribution in [1.82, 2.24) is 15.3 Å². The van der Waals surface area contributed by atoms with Gasteiger partial charge in [-0.1, -0.05) is 11.6 Å². The first kappa shape index (κ1) is 14.5. The topological polar surface area (TPSA) is 57.4 Å². The van der Waals surface area contributed by atoms with Crippen molar-refractivity contribution in [3.05, 3.63) is 23.2 Å². The summed E-state index contributed by atoms with van der Waals surface area (Å²) < 4.78 is 6.03. The van der Waals surface area contributed by atoms with Gasteiger partial charge in [0.25, 0.3) is 0 Å². The van der Waals surface area contributed by atoms with Crippen LogP contribution in [0.15, 0.2) is 22.6 Å². The number of hydrogen-bond acceptors (Lipinski definition) is 6. The van der Waals surface area contributed by atoms with Crippen LogP contribution < -0.4 is 15.1 Å². The van der Waals surface area contributed by atoms with E-state index < -0.39 is 0 Å². The molecule has 23 heavy (non-hydrogen) atoms. The normalized spacial score (nSPS) is 15.4. The second-order valence-electron chi connectivity index (χ2n) is 6.05. The van der Waals surface area contributed by atoms with Crippen LogP contribution >= 0.6 is 11.6 Å². The third-order valence-electron chi connectivity index (χ3n) is 4.23. The predicted molar refractivity (Wildman–Crippen MR) is 93.7 cm³/mol. The van der Waals surface area contributed by atoms with E-state index in [1.807, 2.05) is 44.2 Å². The standard InChI is InChI=1S/C16H18ClN5O/c1-18-10-7-22(8-10)15-14-13(19-16(20-15)21(2)3)11-6-9(17)4-5-12(11)23-14/h4-6,10,18H,7-8H2,1-3H3. The van der Waals surface area contributed by atoms with Gasteiger partial charge in [0.05, 0.1) is 0 Å². The van der Waals surface area contributed by atoms with Gasteiger partial charge in [-0.25, -0.2) is 4.98 Å². The summed E-state index contributed by atoms with van der Waals surface area (Å²) in [6.45, 7) is 1.82. The number of anilines is 2. The molecule has 1 aliphatic heterocycles. The molecular formula is C16H18ClN5O. The number of rotatable bonds is 3. The van der Waals surface area contributed by atoms with Crippen molar-refractivity contribution in [1.29, 1.82) is 0 Å². The number of nitrogens with one attached hydrogen (secondary N) is 1. The monoisotopic (exact) mass is 331 g/mol. The Morgan fingerprint density at radius 1 is 1.30 bits per heavy atom. The molecule has 0 saturated carbocycles. The Labute approximate surface area is 139 Å². The van der Waals surface area contributed by atoms with Crippen molar-refractivity contribution in [3.8, 4) is 0 Å². The quantitative estimate of drug-likeness (QED) is 0.796. The fourth-order valence-corrected chi connectivity index (χ4v) is 3.01. The van der Waals surface area contributed by atoms with Crippen molar-refractivity contribution >= 4 is 45.4 Å². The lowest BCUT2D eigenvalue weighted by Crippen LogP contribution is -2.57. The largest absolute Gasteiger partial charge is 0.450 e. The van der Waals surface area contributed by atoms with Gasteiger partial charge in [-0.2, -0.15) is 4.98 Å². The molecule has 1 aromatic carbocycles. The highest BCUT2D eigenvalue weighted by atomic mass is 35.5. The molecule has 6 nitrogen and oxygen atoms in total. The van der Waals surface area contributed by atoms with Crippen molar-refractivity contribution in [2.75, 3.05) is 44.0 Å². The average molecular weight is 332 g/mol. The number of likely N-dealkylation sites (N-methyl/N-ethyl adjacent to an activating group) is 1. The van der Waals surface area contributed by atoms with E-state index in [1.54, 1.807) is 0 Å². The van der Waals surface area contributed by atoms with E-state index in [0.29, 0.717) is 17.0 Å². The summed E-state index contributed by atoms with van der Waals surface area (Å²) in [4.78, 5) is 13.5. The van der Waals surface area contributed by atoms with Gasteiger partial charge < -0.3 is 19.5 Å². The predicted octanol–water partition coefficient (Wildman–Crippen LogP) is 2.50. The third kappa shape index (κ3) is 2.29. The van der Waals surface area contributed by atoms with Crippen molar-refractivity contribution in [3.63, 3.8) is 0 Å². The fraction of sp³-hybridized carbons (Fsp3) is 0.375. The maximum atomic E-state index is 6.14. The molecule has 2 aromatic heterocycles. The Balaban J connectivity index is 1.94. The number of hydrogen-bond donors (Lipinski definition) is 1. The minimum Gasteiger partial charge on any atom is -0.450 e. The Kier molecular flexibility index (Phi) is 3.32. The molecule has 0 amide bonds. The van der Waals surface area contributed by atoms with Crippen LogP contribution in [-0.4, -0.2) is 50.2 Å². The summed E-state index contributed by atoms with van der Waals surface area (Å²) in [6.07, 6.45) is 0. The highest BCUT2D eigenvalue weighted by molar-refractivity contribution is 6.31. The van der Waals surface area contributed by atoms with Gasteiger partial charge in [-0.15, -0.1) is 0 Å². The first-order valence-electron chi connectivity index (χ1n) is 7.56. The smallest absolute Gasteiger partial charge is 0.227 e. The van der Waals surface area contributed by atoms with E-state index in [-0.39, 0.29) is 0 Å². The molecule has 4 rings (SSSR count). The van der Waals surface area contributed by atoms with Gasteiger partial charge in [-0.3, -0.25) is 0 Å². The zero-order valence-electron chi connectivity index (χ0n) is 13.3. The molecule has 0 spiro atoms. The van der Waals surface area contributed by atoms with Gasteiger partial charge in [0.15, 0.2) is 11.4 Å². The Bertz CT molecular complexity index is 885. The minimum atomic E-state index is 0.488. The van der Waals surface area contributed by atoms with Crippen LogP contribution in [0.25, 0.3) is 22.1 Å². The Morgan fingerprint density at radius 3 is 2.78 bits per heavy atom. The number of furan rings is 1.